The topological polar surface area (TPSA) is 90.5 Å². The quantitative estimate of drug-likeness (QED) is 0.282. The summed E-state index contributed by atoms with van der Waals surface area (Å²) in [6.45, 7) is 0.406. The van der Waals surface area contributed by atoms with Gasteiger partial charge in [-0.05, 0) is 29.8 Å². The van der Waals surface area contributed by atoms with E-state index >= 15 is 0 Å². The molecule has 0 unspecified atom stereocenters. The molecule has 1 heterocycles. The lowest BCUT2D eigenvalue weighted by Crippen LogP contribution is -2.20. The number of ether oxygens (including phenoxy) is 1. The van der Waals surface area contributed by atoms with Gasteiger partial charge in [0.2, 0.25) is 0 Å². The number of nitrogens with zero attached hydrogens (tertiary/aromatic N) is 4. The molecule has 28 heavy (non-hydrogen) atoms. The lowest BCUT2D eigenvalue weighted by Gasteiger charge is -2.19. The summed E-state index contributed by atoms with van der Waals surface area (Å²) in [5.74, 6) is 0.276. The van der Waals surface area contributed by atoms with E-state index in [2.05, 4.69) is 9.72 Å². The predicted molar refractivity (Wildman–Crippen MR) is 107 cm³/mol. The molecule has 0 aliphatic rings. The molecule has 1 aromatic heterocycles. The van der Waals surface area contributed by atoms with Crippen molar-refractivity contribution in [2.24, 2.45) is 7.05 Å². The molecular formula is C20H20N4O4. The van der Waals surface area contributed by atoms with E-state index in [1.807, 2.05) is 35.9 Å². The first kappa shape index (κ1) is 19.1. The zero-order chi connectivity index (χ0) is 20.3. The van der Waals surface area contributed by atoms with E-state index in [0.29, 0.717) is 17.8 Å². The third kappa shape index (κ3) is 3.85. The number of carbonyl (C=O) groups is 1. The molecule has 0 N–H and O–H groups in total. The normalized spacial score (nSPS) is 11.1. The summed E-state index contributed by atoms with van der Waals surface area (Å²) in [7, 11) is 4.98. The number of rotatable bonds is 6. The number of nitro groups is 1. The number of nitro benzene ring substituents is 1. The van der Waals surface area contributed by atoms with Crippen molar-refractivity contribution in [1.29, 1.82) is 0 Å². The minimum Gasteiger partial charge on any atom is -0.466 e. The van der Waals surface area contributed by atoms with Crippen LogP contribution in [0.1, 0.15) is 11.4 Å². The maximum atomic E-state index is 11.6. The largest absolute Gasteiger partial charge is 0.466 e. The summed E-state index contributed by atoms with van der Waals surface area (Å²) in [6.07, 6.45) is 2.70. The van der Waals surface area contributed by atoms with Crippen molar-refractivity contribution in [3.63, 3.8) is 0 Å². The number of carbonyl (C=O) groups excluding carboxylic acids is 1. The molecule has 3 rings (SSSR count). The van der Waals surface area contributed by atoms with Gasteiger partial charge in [-0.1, -0.05) is 18.2 Å². The van der Waals surface area contributed by atoms with E-state index < -0.39 is 10.9 Å². The minimum absolute atomic E-state index is 0.0479. The van der Waals surface area contributed by atoms with E-state index in [4.69, 9.17) is 0 Å². The van der Waals surface area contributed by atoms with Crippen molar-refractivity contribution in [2.75, 3.05) is 19.1 Å². The number of hydrogen-bond acceptors (Lipinski definition) is 6. The second kappa shape index (κ2) is 7.91. The van der Waals surface area contributed by atoms with Gasteiger partial charge in [0.15, 0.2) is 0 Å². The van der Waals surface area contributed by atoms with Crippen LogP contribution in [-0.4, -0.2) is 34.6 Å². The maximum absolute atomic E-state index is 11.6. The highest BCUT2D eigenvalue weighted by atomic mass is 16.6. The molecule has 0 atom stereocenters. The number of imidazole rings is 1. The number of anilines is 1. The third-order valence-corrected chi connectivity index (χ3v) is 4.48. The van der Waals surface area contributed by atoms with Gasteiger partial charge >= 0.3 is 5.97 Å². The first-order valence-corrected chi connectivity index (χ1v) is 8.56. The molecule has 0 aliphatic heterocycles. The summed E-state index contributed by atoms with van der Waals surface area (Å²) in [5.41, 5.74) is 2.84. The number of esters is 1. The molecule has 0 saturated heterocycles. The van der Waals surface area contributed by atoms with E-state index in [-0.39, 0.29) is 5.69 Å². The average Bonchev–Trinajstić information content (AvgIpc) is 3.01. The first-order chi connectivity index (χ1) is 13.4. The van der Waals surface area contributed by atoms with E-state index in [9.17, 15) is 14.9 Å². The second-order valence-electron chi connectivity index (χ2n) is 6.29. The van der Waals surface area contributed by atoms with Crippen LogP contribution >= 0.6 is 0 Å². The van der Waals surface area contributed by atoms with Crippen molar-refractivity contribution < 1.29 is 14.5 Å². The third-order valence-electron chi connectivity index (χ3n) is 4.48. The smallest absolute Gasteiger partial charge is 0.330 e. The summed E-state index contributed by atoms with van der Waals surface area (Å²) >= 11 is 0. The molecular weight excluding hydrogens is 360 g/mol. The molecule has 8 nitrogen and oxygen atoms in total. The predicted octanol–water partition coefficient (Wildman–Crippen LogP) is 3.30. The molecule has 8 heteroatoms. The molecule has 0 radical (unpaired) electrons. The zero-order valence-electron chi connectivity index (χ0n) is 15.8. The Bertz CT molecular complexity index is 1070. The summed E-state index contributed by atoms with van der Waals surface area (Å²) in [5, 5.41) is 11.6. The highest BCUT2D eigenvalue weighted by Gasteiger charge is 2.19. The SMILES string of the molecule is COC(=O)/C=C/c1ccc(N(C)Cc2nc3ccccc3n2C)c([N+](=O)[O-])c1. The number of aryl methyl sites for hydroxylation is 1. The fourth-order valence-corrected chi connectivity index (χ4v) is 2.98. The fraction of sp³-hybridized carbons (Fsp3) is 0.200. The van der Waals surface area contributed by atoms with Crippen LogP contribution in [0.15, 0.2) is 48.5 Å². The lowest BCUT2D eigenvalue weighted by molar-refractivity contribution is -0.384. The molecule has 3 aromatic rings. The Morgan fingerprint density at radius 1 is 1.32 bits per heavy atom. The molecule has 0 amide bonds. The standard InChI is InChI=1S/C20H20N4O4/c1-22(13-19-21-15-6-4-5-7-16(15)23(19)2)17-10-8-14(9-11-20(25)28-3)12-18(17)24(26)27/h4-12H,13H2,1-3H3/b11-9+. The molecule has 144 valence electrons. The van der Waals surface area contributed by atoms with Gasteiger partial charge in [-0.15, -0.1) is 0 Å². The number of fused-ring (bicyclic) bond motifs is 1. The Morgan fingerprint density at radius 3 is 2.75 bits per heavy atom. The zero-order valence-corrected chi connectivity index (χ0v) is 15.8. The van der Waals surface area contributed by atoms with E-state index in [1.54, 1.807) is 24.1 Å². The molecule has 0 saturated carbocycles. The van der Waals surface area contributed by atoms with E-state index in [0.717, 1.165) is 16.9 Å². The molecule has 0 fully saturated rings. The van der Waals surface area contributed by atoms with Crippen molar-refractivity contribution in [1.82, 2.24) is 9.55 Å². The maximum Gasteiger partial charge on any atom is 0.330 e. The fourth-order valence-electron chi connectivity index (χ4n) is 2.98. The number of methoxy groups -OCH3 is 1. The Hall–Kier alpha value is -3.68. The Balaban J connectivity index is 1.90. The van der Waals surface area contributed by atoms with Gasteiger partial charge < -0.3 is 14.2 Å². The highest BCUT2D eigenvalue weighted by molar-refractivity contribution is 5.87. The molecule has 2 aromatic carbocycles. The summed E-state index contributed by atoms with van der Waals surface area (Å²) in [6, 6.07) is 12.6. The van der Waals surface area contributed by atoms with Gasteiger partial charge in [-0.2, -0.15) is 0 Å². The number of para-hydroxylation sites is 2. The summed E-state index contributed by atoms with van der Waals surface area (Å²) in [4.78, 5) is 28.8. The van der Waals surface area contributed by atoms with Gasteiger partial charge in [0.1, 0.15) is 11.5 Å². The van der Waals surface area contributed by atoms with Crippen LogP contribution < -0.4 is 4.90 Å². The average molecular weight is 380 g/mol. The van der Waals surface area contributed by atoms with Gasteiger partial charge in [-0.25, -0.2) is 9.78 Å². The Labute approximate surface area is 161 Å². The summed E-state index contributed by atoms with van der Waals surface area (Å²) < 4.78 is 6.51. The Kier molecular flexibility index (Phi) is 5.39. The van der Waals surface area contributed by atoms with Crippen LogP contribution in [0.4, 0.5) is 11.4 Å². The molecule has 0 spiro atoms. The van der Waals surface area contributed by atoms with Crippen LogP contribution in [-0.2, 0) is 23.1 Å². The second-order valence-corrected chi connectivity index (χ2v) is 6.29. The first-order valence-electron chi connectivity index (χ1n) is 8.56. The van der Waals surface area contributed by atoms with Crippen LogP contribution in [0, 0.1) is 10.1 Å². The Morgan fingerprint density at radius 2 is 2.07 bits per heavy atom. The van der Waals surface area contributed by atoms with Crippen molar-refractivity contribution in [3.05, 3.63) is 70.0 Å². The van der Waals surface area contributed by atoms with Gasteiger partial charge in [0, 0.05) is 26.2 Å². The molecule has 0 aliphatic carbocycles. The van der Waals surface area contributed by atoms with Crippen LogP contribution in [0.3, 0.4) is 0 Å². The minimum atomic E-state index is -0.523. The monoisotopic (exact) mass is 380 g/mol. The number of hydrogen-bond donors (Lipinski definition) is 0. The van der Waals surface area contributed by atoms with Gasteiger partial charge in [-0.3, -0.25) is 10.1 Å². The van der Waals surface area contributed by atoms with Crippen molar-refractivity contribution >= 4 is 34.5 Å². The van der Waals surface area contributed by atoms with Gasteiger partial charge in [0.25, 0.3) is 5.69 Å². The highest BCUT2D eigenvalue weighted by Crippen LogP contribution is 2.30. The number of aromatic nitrogens is 2. The van der Waals surface area contributed by atoms with E-state index in [1.165, 1.54) is 25.3 Å². The van der Waals surface area contributed by atoms with Crippen LogP contribution in [0.5, 0.6) is 0 Å². The van der Waals surface area contributed by atoms with Crippen molar-refractivity contribution in [2.45, 2.75) is 6.54 Å². The van der Waals surface area contributed by atoms with Gasteiger partial charge in [0.05, 0.1) is 29.6 Å². The van der Waals surface area contributed by atoms with Crippen LogP contribution in [0.2, 0.25) is 0 Å². The molecule has 0 bridgehead atoms. The van der Waals surface area contributed by atoms with Crippen LogP contribution in [0.25, 0.3) is 17.1 Å². The lowest BCUT2D eigenvalue weighted by atomic mass is 10.1. The number of benzene rings is 2. The van der Waals surface area contributed by atoms with Crippen molar-refractivity contribution in [3.8, 4) is 0 Å².